The van der Waals surface area contributed by atoms with Crippen molar-refractivity contribution >= 4 is 12.4 Å². The number of rotatable bonds is 4. The normalized spacial score (nSPS) is 19.9. The highest BCUT2D eigenvalue weighted by Gasteiger charge is 2.21. The summed E-state index contributed by atoms with van der Waals surface area (Å²) in [7, 11) is 0. The van der Waals surface area contributed by atoms with Crippen LogP contribution in [-0.2, 0) is 0 Å². The Kier molecular flexibility index (Phi) is 3.60. The second kappa shape index (κ2) is 5.34. The standard InChI is InChI=1S/C14H15N3/c1-3-11(9-15-2)13-8-14(17-10-13)12-4-6-16-7-5-12/h3-7,9,13H,1-2,8,10H2/b11-9+. The van der Waals surface area contributed by atoms with Gasteiger partial charge in [-0.2, -0.15) is 0 Å². The zero-order valence-corrected chi connectivity index (χ0v) is 9.71. The fraction of sp³-hybridized carbons (Fsp3) is 0.214. The van der Waals surface area contributed by atoms with Crippen LogP contribution in [0.3, 0.4) is 0 Å². The molecule has 2 heterocycles. The number of hydrogen-bond acceptors (Lipinski definition) is 3. The van der Waals surface area contributed by atoms with Crippen LogP contribution in [0.2, 0.25) is 0 Å². The van der Waals surface area contributed by atoms with Crippen LogP contribution in [0.25, 0.3) is 0 Å². The Morgan fingerprint density at radius 1 is 1.41 bits per heavy atom. The number of allylic oxidation sites excluding steroid dienone is 1. The molecular formula is C14H15N3. The molecule has 3 heteroatoms. The number of aromatic nitrogens is 1. The summed E-state index contributed by atoms with van der Waals surface area (Å²) in [4.78, 5) is 12.4. The maximum Gasteiger partial charge on any atom is 0.0465 e. The third-order valence-electron chi connectivity index (χ3n) is 2.90. The minimum absolute atomic E-state index is 0.376. The van der Waals surface area contributed by atoms with Gasteiger partial charge in [0, 0.05) is 36.8 Å². The first-order chi connectivity index (χ1) is 8.35. The highest BCUT2D eigenvalue weighted by molar-refractivity contribution is 6.01. The first kappa shape index (κ1) is 11.5. The molecule has 0 bridgehead atoms. The minimum atomic E-state index is 0.376. The van der Waals surface area contributed by atoms with Crippen molar-refractivity contribution in [3.8, 4) is 0 Å². The molecule has 1 unspecified atom stereocenters. The molecule has 1 aromatic rings. The van der Waals surface area contributed by atoms with Crippen LogP contribution in [0.1, 0.15) is 12.0 Å². The number of nitrogens with zero attached hydrogens (tertiary/aromatic N) is 3. The van der Waals surface area contributed by atoms with Crippen LogP contribution in [0, 0.1) is 5.92 Å². The summed E-state index contributed by atoms with van der Waals surface area (Å²) in [5.74, 6) is 0.376. The fourth-order valence-electron chi connectivity index (χ4n) is 1.99. The van der Waals surface area contributed by atoms with Crippen molar-refractivity contribution in [2.75, 3.05) is 6.54 Å². The van der Waals surface area contributed by atoms with Crippen molar-refractivity contribution in [1.82, 2.24) is 4.98 Å². The van der Waals surface area contributed by atoms with Gasteiger partial charge in [0.1, 0.15) is 0 Å². The zero-order valence-electron chi connectivity index (χ0n) is 9.71. The zero-order chi connectivity index (χ0) is 12.1. The van der Waals surface area contributed by atoms with E-state index >= 15 is 0 Å². The van der Waals surface area contributed by atoms with Crippen molar-refractivity contribution in [2.45, 2.75) is 6.42 Å². The average molecular weight is 225 g/mol. The van der Waals surface area contributed by atoms with Gasteiger partial charge in [0.15, 0.2) is 0 Å². The van der Waals surface area contributed by atoms with E-state index in [0.29, 0.717) is 5.92 Å². The smallest absolute Gasteiger partial charge is 0.0465 e. The first-order valence-electron chi connectivity index (χ1n) is 5.57. The van der Waals surface area contributed by atoms with E-state index < -0.39 is 0 Å². The Hall–Kier alpha value is -2.03. The van der Waals surface area contributed by atoms with Gasteiger partial charge in [-0.15, -0.1) is 0 Å². The lowest BCUT2D eigenvalue weighted by Gasteiger charge is -2.08. The third kappa shape index (κ3) is 2.56. The van der Waals surface area contributed by atoms with Gasteiger partial charge >= 0.3 is 0 Å². The molecule has 0 saturated heterocycles. The van der Waals surface area contributed by atoms with Crippen LogP contribution in [0.5, 0.6) is 0 Å². The highest BCUT2D eigenvalue weighted by Crippen LogP contribution is 2.25. The molecule has 0 aromatic carbocycles. The average Bonchev–Trinajstić information content (AvgIpc) is 2.86. The minimum Gasteiger partial charge on any atom is -0.288 e. The number of pyridine rings is 1. The van der Waals surface area contributed by atoms with Gasteiger partial charge in [-0.1, -0.05) is 12.7 Å². The summed E-state index contributed by atoms with van der Waals surface area (Å²) in [6.07, 6.45) is 8.12. The van der Waals surface area contributed by atoms with Crippen molar-refractivity contribution < 1.29 is 0 Å². The van der Waals surface area contributed by atoms with Gasteiger partial charge in [-0.25, -0.2) is 0 Å². The monoisotopic (exact) mass is 225 g/mol. The Balaban J connectivity index is 2.11. The third-order valence-corrected chi connectivity index (χ3v) is 2.90. The predicted molar refractivity (Wildman–Crippen MR) is 71.6 cm³/mol. The van der Waals surface area contributed by atoms with Crippen LogP contribution in [0.15, 0.2) is 58.9 Å². The lowest BCUT2D eigenvalue weighted by atomic mass is 9.95. The largest absolute Gasteiger partial charge is 0.288 e. The molecule has 0 aliphatic carbocycles. The highest BCUT2D eigenvalue weighted by atomic mass is 14.8. The predicted octanol–water partition coefficient (Wildman–Crippen LogP) is 2.66. The Morgan fingerprint density at radius 2 is 2.18 bits per heavy atom. The second-order valence-electron chi connectivity index (χ2n) is 3.94. The molecule has 0 saturated carbocycles. The van der Waals surface area contributed by atoms with Gasteiger partial charge in [0.05, 0.1) is 0 Å². The first-order valence-corrected chi connectivity index (χ1v) is 5.57. The van der Waals surface area contributed by atoms with Crippen molar-refractivity contribution in [2.24, 2.45) is 15.9 Å². The molecule has 86 valence electrons. The molecule has 0 radical (unpaired) electrons. The van der Waals surface area contributed by atoms with E-state index in [0.717, 1.165) is 29.8 Å². The van der Waals surface area contributed by atoms with E-state index in [9.17, 15) is 0 Å². The summed E-state index contributed by atoms with van der Waals surface area (Å²) in [6.45, 7) is 8.08. The van der Waals surface area contributed by atoms with E-state index in [1.165, 1.54) is 0 Å². The van der Waals surface area contributed by atoms with E-state index in [-0.39, 0.29) is 0 Å². The van der Waals surface area contributed by atoms with Gasteiger partial charge < -0.3 is 0 Å². The Bertz CT molecular complexity index is 472. The van der Waals surface area contributed by atoms with E-state index in [1.54, 1.807) is 18.6 Å². The molecule has 0 fully saturated rings. The Labute approximate surface area is 101 Å². The number of aliphatic imine (C=N–C) groups is 2. The lowest BCUT2D eigenvalue weighted by Crippen LogP contribution is -2.05. The molecule has 1 aromatic heterocycles. The second-order valence-corrected chi connectivity index (χ2v) is 3.94. The molecule has 2 rings (SSSR count). The Morgan fingerprint density at radius 3 is 2.82 bits per heavy atom. The number of hydrogen-bond donors (Lipinski definition) is 0. The van der Waals surface area contributed by atoms with Crippen LogP contribution >= 0.6 is 0 Å². The van der Waals surface area contributed by atoms with Crippen LogP contribution in [-0.4, -0.2) is 24.0 Å². The molecule has 1 aliphatic rings. The quantitative estimate of drug-likeness (QED) is 0.573. The van der Waals surface area contributed by atoms with E-state index in [1.807, 2.05) is 18.2 Å². The van der Waals surface area contributed by atoms with E-state index in [2.05, 4.69) is 28.3 Å². The van der Waals surface area contributed by atoms with Crippen LogP contribution in [0.4, 0.5) is 0 Å². The lowest BCUT2D eigenvalue weighted by molar-refractivity contribution is 0.710. The van der Waals surface area contributed by atoms with Gasteiger partial charge in [-0.3, -0.25) is 15.0 Å². The van der Waals surface area contributed by atoms with Crippen LogP contribution < -0.4 is 0 Å². The van der Waals surface area contributed by atoms with Gasteiger partial charge in [0.25, 0.3) is 0 Å². The summed E-state index contributed by atoms with van der Waals surface area (Å²) in [6, 6.07) is 3.98. The summed E-state index contributed by atoms with van der Waals surface area (Å²) >= 11 is 0. The summed E-state index contributed by atoms with van der Waals surface area (Å²) in [5.41, 5.74) is 3.39. The summed E-state index contributed by atoms with van der Waals surface area (Å²) < 4.78 is 0. The molecule has 0 spiro atoms. The van der Waals surface area contributed by atoms with Gasteiger partial charge in [-0.05, 0) is 36.4 Å². The SMILES string of the molecule is C=C/C(=C\N=C)C1CN=C(c2ccncc2)C1. The molecule has 0 N–H and O–H groups in total. The molecule has 3 nitrogen and oxygen atoms in total. The van der Waals surface area contributed by atoms with Crippen molar-refractivity contribution in [1.29, 1.82) is 0 Å². The molecular weight excluding hydrogens is 210 g/mol. The van der Waals surface area contributed by atoms with Crippen molar-refractivity contribution in [3.63, 3.8) is 0 Å². The molecule has 0 amide bonds. The van der Waals surface area contributed by atoms with Gasteiger partial charge in [0.2, 0.25) is 0 Å². The fourth-order valence-corrected chi connectivity index (χ4v) is 1.99. The van der Waals surface area contributed by atoms with Crippen molar-refractivity contribution in [3.05, 3.63) is 54.5 Å². The van der Waals surface area contributed by atoms with E-state index in [4.69, 9.17) is 0 Å². The maximum absolute atomic E-state index is 4.58. The molecule has 1 aliphatic heterocycles. The molecule has 17 heavy (non-hydrogen) atoms. The summed E-state index contributed by atoms with van der Waals surface area (Å²) in [5, 5.41) is 0. The molecule has 1 atom stereocenters. The topological polar surface area (TPSA) is 37.6 Å². The maximum atomic E-state index is 4.58.